The Morgan fingerprint density at radius 1 is 1.20 bits per heavy atom. The molecule has 30 heavy (non-hydrogen) atoms. The molecule has 2 aromatic heterocycles. The molecule has 2 aromatic rings. The van der Waals surface area contributed by atoms with Gasteiger partial charge in [0.15, 0.2) is 0 Å². The lowest BCUT2D eigenvalue weighted by Gasteiger charge is -2.33. The fraction of sp³-hybridized carbons (Fsp3) is 0.476. The fourth-order valence-electron chi connectivity index (χ4n) is 4.35. The number of anilines is 1. The number of rotatable bonds is 4. The van der Waals surface area contributed by atoms with Gasteiger partial charge in [0.05, 0.1) is 12.6 Å². The molecule has 0 radical (unpaired) electrons. The number of fused-ring (bicyclic) bond motifs is 3. The summed E-state index contributed by atoms with van der Waals surface area (Å²) in [5.74, 6) is 1.72. The number of nitrogens with one attached hydrogen (secondary N) is 4. The quantitative estimate of drug-likeness (QED) is 0.599. The van der Waals surface area contributed by atoms with E-state index in [1.54, 1.807) is 6.20 Å². The SMILES string of the molecule is CC(C)[C@@H]1CNC(=O)c2cc3cnc(NC4=CC=C(N5CCNCC5)CN4)nc3n21. The number of carbonyl (C=O) groups is 1. The van der Waals surface area contributed by atoms with Crippen molar-refractivity contribution < 1.29 is 4.79 Å². The van der Waals surface area contributed by atoms with E-state index in [0.29, 0.717) is 24.1 Å². The van der Waals surface area contributed by atoms with Crippen molar-refractivity contribution in [2.45, 2.75) is 19.9 Å². The Balaban J connectivity index is 1.41. The minimum absolute atomic E-state index is 0.0540. The Morgan fingerprint density at radius 2 is 2.03 bits per heavy atom. The molecule has 1 fully saturated rings. The summed E-state index contributed by atoms with van der Waals surface area (Å²) in [7, 11) is 0. The van der Waals surface area contributed by atoms with E-state index in [1.165, 1.54) is 5.70 Å². The molecule has 0 aromatic carbocycles. The van der Waals surface area contributed by atoms with Crippen molar-refractivity contribution >= 4 is 22.9 Å². The molecule has 3 aliphatic rings. The van der Waals surface area contributed by atoms with Crippen LogP contribution >= 0.6 is 0 Å². The minimum Gasteiger partial charge on any atom is -0.371 e. The van der Waals surface area contributed by atoms with Crippen LogP contribution in [0.5, 0.6) is 0 Å². The number of hydrogen-bond acceptors (Lipinski definition) is 7. The van der Waals surface area contributed by atoms with Gasteiger partial charge in [-0.15, -0.1) is 0 Å². The van der Waals surface area contributed by atoms with Crippen LogP contribution in [0.1, 0.15) is 30.4 Å². The predicted molar refractivity (Wildman–Crippen MR) is 116 cm³/mol. The third kappa shape index (κ3) is 3.39. The molecule has 158 valence electrons. The van der Waals surface area contributed by atoms with Gasteiger partial charge in [-0.2, -0.15) is 4.98 Å². The minimum atomic E-state index is -0.0540. The highest BCUT2D eigenvalue weighted by atomic mass is 16.2. The molecule has 1 atom stereocenters. The van der Waals surface area contributed by atoms with Crippen LogP contribution in [0.2, 0.25) is 0 Å². The van der Waals surface area contributed by atoms with Gasteiger partial charge in [-0.1, -0.05) is 13.8 Å². The lowest BCUT2D eigenvalue weighted by atomic mass is 10.0. The van der Waals surface area contributed by atoms with Crippen molar-refractivity contribution in [2.75, 3.05) is 44.6 Å². The van der Waals surface area contributed by atoms with E-state index in [-0.39, 0.29) is 11.9 Å². The molecule has 0 spiro atoms. The average Bonchev–Trinajstić information content (AvgIpc) is 3.15. The van der Waals surface area contributed by atoms with Gasteiger partial charge < -0.3 is 30.7 Å². The Morgan fingerprint density at radius 3 is 2.77 bits per heavy atom. The lowest BCUT2D eigenvalue weighted by molar-refractivity contribution is 0.0907. The molecular formula is C21H28N8O. The first-order chi connectivity index (χ1) is 14.6. The highest BCUT2D eigenvalue weighted by molar-refractivity contribution is 5.98. The highest BCUT2D eigenvalue weighted by Crippen LogP contribution is 2.30. The van der Waals surface area contributed by atoms with E-state index >= 15 is 0 Å². The van der Waals surface area contributed by atoms with Gasteiger partial charge in [0.25, 0.3) is 5.91 Å². The molecule has 1 saturated heterocycles. The molecule has 4 N–H and O–H groups in total. The van der Waals surface area contributed by atoms with Gasteiger partial charge in [0.2, 0.25) is 5.95 Å². The second-order valence-electron chi connectivity index (χ2n) is 8.35. The number of piperazine rings is 1. The first kappa shape index (κ1) is 18.9. The second-order valence-corrected chi connectivity index (χ2v) is 8.35. The van der Waals surface area contributed by atoms with Crippen molar-refractivity contribution in [3.8, 4) is 0 Å². The van der Waals surface area contributed by atoms with Crippen molar-refractivity contribution in [1.82, 2.24) is 35.4 Å². The maximum Gasteiger partial charge on any atom is 0.268 e. The molecule has 0 aliphatic carbocycles. The lowest BCUT2D eigenvalue weighted by Crippen LogP contribution is -2.45. The standard InChI is InChI=1S/C21H28N8O/c1-13(2)17-12-24-20(30)16-9-14-10-25-21(27-19(14)29(16)17)26-18-4-3-15(11-23-18)28-7-5-22-6-8-28/h3-4,9-10,13,17,22-23H,5-8,11-12H2,1-2H3,(H,24,30)(H,25,26,27)/t17-/m0/s1. The van der Waals surface area contributed by atoms with Gasteiger partial charge in [0, 0.05) is 50.0 Å². The number of dihydropyridines is 1. The van der Waals surface area contributed by atoms with Crippen molar-refractivity contribution in [2.24, 2.45) is 5.92 Å². The molecule has 3 aliphatic heterocycles. The van der Waals surface area contributed by atoms with E-state index in [2.05, 4.69) is 55.6 Å². The summed E-state index contributed by atoms with van der Waals surface area (Å²) in [6, 6.07) is 2.05. The first-order valence-corrected chi connectivity index (χ1v) is 10.6. The fourth-order valence-corrected chi connectivity index (χ4v) is 4.35. The number of amides is 1. The van der Waals surface area contributed by atoms with E-state index in [9.17, 15) is 4.79 Å². The van der Waals surface area contributed by atoms with Crippen LogP contribution in [0.15, 0.2) is 35.9 Å². The summed E-state index contributed by atoms with van der Waals surface area (Å²) in [6.07, 6.45) is 5.97. The van der Waals surface area contributed by atoms with Crippen LogP contribution in [0.3, 0.4) is 0 Å². The topological polar surface area (TPSA) is 99.1 Å². The van der Waals surface area contributed by atoms with Gasteiger partial charge in [0.1, 0.15) is 17.2 Å². The molecule has 1 amide bonds. The smallest absolute Gasteiger partial charge is 0.268 e. The highest BCUT2D eigenvalue weighted by Gasteiger charge is 2.30. The van der Waals surface area contributed by atoms with Crippen molar-refractivity contribution in [3.05, 3.63) is 41.6 Å². The number of aromatic nitrogens is 3. The van der Waals surface area contributed by atoms with Gasteiger partial charge in [-0.3, -0.25) is 4.79 Å². The molecule has 9 heteroatoms. The summed E-state index contributed by atoms with van der Waals surface area (Å²) < 4.78 is 2.07. The van der Waals surface area contributed by atoms with E-state index in [0.717, 1.165) is 49.6 Å². The van der Waals surface area contributed by atoms with Crippen LogP contribution in [0.4, 0.5) is 5.95 Å². The number of allylic oxidation sites excluding steroid dienone is 2. The Labute approximate surface area is 175 Å². The molecule has 5 heterocycles. The number of carbonyl (C=O) groups excluding carboxylic acids is 1. The van der Waals surface area contributed by atoms with Gasteiger partial charge in [-0.05, 0) is 24.1 Å². The van der Waals surface area contributed by atoms with Crippen molar-refractivity contribution in [3.63, 3.8) is 0 Å². The monoisotopic (exact) mass is 408 g/mol. The second kappa shape index (κ2) is 7.64. The summed E-state index contributed by atoms with van der Waals surface area (Å²) in [6.45, 7) is 9.84. The zero-order chi connectivity index (χ0) is 20.7. The predicted octanol–water partition coefficient (Wildman–Crippen LogP) is 1.02. The molecule has 0 unspecified atom stereocenters. The van der Waals surface area contributed by atoms with Crippen LogP contribution in [-0.4, -0.2) is 64.6 Å². The van der Waals surface area contributed by atoms with Crippen LogP contribution in [0.25, 0.3) is 11.0 Å². The first-order valence-electron chi connectivity index (χ1n) is 10.6. The maximum absolute atomic E-state index is 12.4. The van der Waals surface area contributed by atoms with Gasteiger partial charge >= 0.3 is 0 Å². The van der Waals surface area contributed by atoms with Crippen LogP contribution in [-0.2, 0) is 0 Å². The maximum atomic E-state index is 12.4. The number of hydrogen-bond donors (Lipinski definition) is 4. The van der Waals surface area contributed by atoms with Crippen LogP contribution in [0, 0.1) is 5.92 Å². The van der Waals surface area contributed by atoms with Crippen LogP contribution < -0.4 is 21.3 Å². The van der Waals surface area contributed by atoms with Gasteiger partial charge in [-0.25, -0.2) is 4.98 Å². The zero-order valence-electron chi connectivity index (χ0n) is 17.4. The largest absolute Gasteiger partial charge is 0.371 e. The Kier molecular flexibility index (Phi) is 4.82. The average molecular weight is 409 g/mol. The number of nitrogens with zero attached hydrogens (tertiary/aromatic N) is 4. The normalized spacial score (nSPS) is 21.6. The van der Waals surface area contributed by atoms with Crippen molar-refractivity contribution in [1.29, 1.82) is 0 Å². The van der Waals surface area contributed by atoms with E-state index < -0.39 is 0 Å². The molecular weight excluding hydrogens is 380 g/mol. The Hall–Kier alpha value is -3.07. The zero-order valence-corrected chi connectivity index (χ0v) is 17.4. The molecule has 9 nitrogen and oxygen atoms in total. The summed E-state index contributed by atoms with van der Waals surface area (Å²) in [5.41, 5.74) is 2.74. The summed E-state index contributed by atoms with van der Waals surface area (Å²) >= 11 is 0. The third-order valence-corrected chi connectivity index (χ3v) is 6.05. The molecule has 0 saturated carbocycles. The summed E-state index contributed by atoms with van der Waals surface area (Å²) in [5, 5.41) is 14.0. The molecule has 0 bridgehead atoms. The van der Waals surface area contributed by atoms with E-state index in [4.69, 9.17) is 4.98 Å². The third-order valence-electron chi connectivity index (χ3n) is 6.05. The summed E-state index contributed by atoms with van der Waals surface area (Å²) in [4.78, 5) is 24.0. The Bertz CT molecular complexity index is 1030. The van der Waals surface area contributed by atoms with E-state index in [1.807, 2.05) is 12.1 Å². The molecule has 5 rings (SSSR count).